The maximum atomic E-state index is 12.2. The quantitative estimate of drug-likeness (QED) is 0.713. The summed E-state index contributed by atoms with van der Waals surface area (Å²) in [6, 6.07) is 14.9. The first-order valence-corrected chi connectivity index (χ1v) is 9.21. The molecule has 2 aromatic rings. The Labute approximate surface area is 139 Å². The SMILES string of the molecule is CNCc1ccc(CS(=O)(=O)Nc2ccccc2I)cc1. The zero-order chi connectivity index (χ0) is 15.3. The van der Waals surface area contributed by atoms with Crippen molar-refractivity contribution >= 4 is 38.3 Å². The van der Waals surface area contributed by atoms with E-state index in [2.05, 4.69) is 32.6 Å². The molecule has 4 nitrogen and oxygen atoms in total. The predicted octanol–water partition coefficient (Wildman–Crippen LogP) is 2.95. The van der Waals surface area contributed by atoms with Gasteiger partial charge in [-0.25, -0.2) is 8.42 Å². The second-order valence-corrected chi connectivity index (χ2v) is 7.57. The molecule has 0 aliphatic heterocycles. The van der Waals surface area contributed by atoms with E-state index in [1.807, 2.05) is 49.5 Å². The van der Waals surface area contributed by atoms with Crippen LogP contribution in [0.3, 0.4) is 0 Å². The van der Waals surface area contributed by atoms with Crippen LogP contribution in [-0.4, -0.2) is 15.5 Å². The molecule has 0 unspecified atom stereocenters. The van der Waals surface area contributed by atoms with Crippen molar-refractivity contribution in [2.75, 3.05) is 11.8 Å². The molecule has 112 valence electrons. The largest absolute Gasteiger partial charge is 0.316 e. The van der Waals surface area contributed by atoms with Gasteiger partial charge in [-0.05, 0) is 52.9 Å². The van der Waals surface area contributed by atoms with Crippen molar-refractivity contribution in [2.24, 2.45) is 0 Å². The van der Waals surface area contributed by atoms with Crippen molar-refractivity contribution in [1.29, 1.82) is 0 Å². The van der Waals surface area contributed by atoms with Gasteiger partial charge in [-0.1, -0.05) is 36.4 Å². The number of hydrogen-bond acceptors (Lipinski definition) is 3. The van der Waals surface area contributed by atoms with Gasteiger partial charge in [-0.3, -0.25) is 4.72 Å². The van der Waals surface area contributed by atoms with Gasteiger partial charge in [0.05, 0.1) is 11.4 Å². The van der Waals surface area contributed by atoms with Crippen LogP contribution in [0.15, 0.2) is 48.5 Å². The van der Waals surface area contributed by atoms with Crippen molar-refractivity contribution in [3.8, 4) is 0 Å². The van der Waals surface area contributed by atoms with Crippen molar-refractivity contribution < 1.29 is 8.42 Å². The van der Waals surface area contributed by atoms with E-state index in [-0.39, 0.29) is 5.75 Å². The van der Waals surface area contributed by atoms with E-state index in [9.17, 15) is 8.42 Å². The smallest absolute Gasteiger partial charge is 0.236 e. The molecule has 0 aliphatic carbocycles. The molecule has 2 N–H and O–H groups in total. The highest BCUT2D eigenvalue weighted by atomic mass is 127. The first-order valence-electron chi connectivity index (χ1n) is 6.47. The molecule has 0 aliphatic rings. The Kier molecular flexibility index (Phi) is 5.60. The molecule has 0 saturated carbocycles. The molecule has 0 spiro atoms. The number of benzene rings is 2. The predicted molar refractivity (Wildman–Crippen MR) is 94.6 cm³/mol. The van der Waals surface area contributed by atoms with Gasteiger partial charge in [0.25, 0.3) is 0 Å². The fourth-order valence-electron chi connectivity index (χ4n) is 1.92. The number of anilines is 1. The first-order chi connectivity index (χ1) is 10.00. The zero-order valence-electron chi connectivity index (χ0n) is 11.6. The minimum Gasteiger partial charge on any atom is -0.316 e. The van der Waals surface area contributed by atoms with Crippen molar-refractivity contribution in [1.82, 2.24) is 5.32 Å². The number of halogens is 1. The van der Waals surface area contributed by atoms with Gasteiger partial charge >= 0.3 is 0 Å². The van der Waals surface area contributed by atoms with E-state index in [0.717, 1.165) is 21.2 Å². The van der Waals surface area contributed by atoms with Gasteiger partial charge in [0.2, 0.25) is 10.0 Å². The summed E-state index contributed by atoms with van der Waals surface area (Å²) in [5.41, 5.74) is 2.52. The number of sulfonamides is 1. The topological polar surface area (TPSA) is 58.2 Å². The average Bonchev–Trinajstić information content (AvgIpc) is 2.43. The highest BCUT2D eigenvalue weighted by Crippen LogP contribution is 2.19. The summed E-state index contributed by atoms with van der Waals surface area (Å²) >= 11 is 2.11. The Morgan fingerprint density at radius 1 is 1.00 bits per heavy atom. The van der Waals surface area contributed by atoms with Crippen LogP contribution in [0, 0.1) is 3.57 Å². The molecule has 6 heteroatoms. The van der Waals surface area contributed by atoms with Crippen LogP contribution in [-0.2, 0) is 22.3 Å². The van der Waals surface area contributed by atoms with Crippen molar-refractivity contribution in [3.63, 3.8) is 0 Å². The number of hydrogen-bond donors (Lipinski definition) is 2. The number of rotatable bonds is 6. The van der Waals surface area contributed by atoms with E-state index in [1.54, 1.807) is 6.07 Å². The molecule has 2 aromatic carbocycles. The molecule has 0 atom stereocenters. The third-order valence-corrected chi connectivity index (χ3v) is 5.08. The van der Waals surface area contributed by atoms with Crippen LogP contribution < -0.4 is 10.0 Å². The summed E-state index contributed by atoms with van der Waals surface area (Å²) < 4.78 is 27.9. The molecule has 0 bridgehead atoms. The summed E-state index contributed by atoms with van der Waals surface area (Å²) in [5.74, 6) is -0.0300. The maximum Gasteiger partial charge on any atom is 0.236 e. The summed E-state index contributed by atoms with van der Waals surface area (Å²) in [4.78, 5) is 0. The van der Waals surface area contributed by atoms with Crippen molar-refractivity contribution in [3.05, 3.63) is 63.2 Å². The molecule has 0 radical (unpaired) electrons. The maximum absolute atomic E-state index is 12.2. The van der Waals surface area contributed by atoms with Gasteiger partial charge in [0.1, 0.15) is 0 Å². The van der Waals surface area contributed by atoms with Crippen molar-refractivity contribution in [2.45, 2.75) is 12.3 Å². The summed E-state index contributed by atoms with van der Waals surface area (Å²) in [6.45, 7) is 0.771. The zero-order valence-corrected chi connectivity index (χ0v) is 14.6. The molecule has 0 fully saturated rings. The molecule has 2 rings (SSSR count). The molecular weight excluding hydrogens is 399 g/mol. The van der Waals surface area contributed by atoms with Crippen LogP contribution in [0.2, 0.25) is 0 Å². The van der Waals surface area contributed by atoms with E-state index in [1.165, 1.54) is 0 Å². The van der Waals surface area contributed by atoms with Gasteiger partial charge in [-0.15, -0.1) is 0 Å². The standard InChI is InChI=1S/C15H17IN2O2S/c1-17-10-12-6-8-13(9-7-12)11-21(19,20)18-15-5-3-2-4-14(15)16/h2-9,17-18H,10-11H2,1H3. The highest BCUT2D eigenvalue weighted by Gasteiger charge is 2.13. The molecular formula is C15H17IN2O2S. The number of nitrogens with one attached hydrogen (secondary N) is 2. The molecule has 0 amide bonds. The lowest BCUT2D eigenvalue weighted by Crippen LogP contribution is -2.15. The summed E-state index contributed by atoms with van der Waals surface area (Å²) in [6.07, 6.45) is 0. The lowest BCUT2D eigenvalue weighted by molar-refractivity contribution is 0.600. The second-order valence-electron chi connectivity index (χ2n) is 4.69. The van der Waals surface area contributed by atoms with Crippen LogP contribution in [0.25, 0.3) is 0 Å². The highest BCUT2D eigenvalue weighted by molar-refractivity contribution is 14.1. The van der Waals surface area contributed by atoms with E-state index in [4.69, 9.17) is 0 Å². The average molecular weight is 416 g/mol. The monoisotopic (exact) mass is 416 g/mol. The Bertz CT molecular complexity index is 700. The van der Waals surface area contributed by atoms with Crippen LogP contribution in [0.4, 0.5) is 5.69 Å². The van der Waals surface area contributed by atoms with Crippen LogP contribution in [0.1, 0.15) is 11.1 Å². The van der Waals surface area contributed by atoms with Gasteiger partial charge in [0, 0.05) is 10.1 Å². The minimum atomic E-state index is -3.41. The van der Waals surface area contributed by atoms with E-state index in [0.29, 0.717) is 5.69 Å². The molecule has 0 saturated heterocycles. The molecule has 21 heavy (non-hydrogen) atoms. The van der Waals surface area contributed by atoms with E-state index >= 15 is 0 Å². The lowest BCUT2D eigenvalue weighted by atomic mass is 10.1. The summed E-state index contributed by atoms with van der Waals surface area (Å²) in [7, 11) is -1.53. The van der Waals surface area contributed by atoms with Crippen LogP contribution >= 0.6 is 22.6 Å². The molecule has 0 aromatic heterocycles. The minimum absolute atomic E-state index is 0.0300. The fraction of sp³-hybridized carbons (Fsp3) is 0.200. The first kappa shape index (κ1) is 16.3. The Hall–Kier alpha value is -1.12. The Morgan fingerprint density at radius 2 is 1.62 bits per heavy atom. The fourth-order valence-corrected chi connectivity index (χ4v) is 3.85. The number of para-hydroxylation sites is 1. The normalized spacial score (nSPS) is 11.3. The van der Waals surface area contributed by atoms with E-state index < -0.39 is 10.0 Å². The third-order valence-electron chi connectivity index (χ3n) is 2.90. The van der Waals surface area contributed by atoms with Crippen LogP contribution in [0.5, 0.6) is 0 Å². The van der Waals surface area contributed by atoms with Gasteiger partial charge in [-0.2, -0.15) is 0 Å². The Morgan fingerprint density at radius 3 is 2.24 bits per heavy atom. The van der Waals surface area contributed by atoms with Gasteiger partial charge in [0.15, 0.2) is 0 Å². The second kappa shape index (κ2) is 7.24. The Balaban J connectivity index is 2.09. The summed E-state index contributed by atoms with van der Waals surface area (Å²) in [5, 5.41) is 3.06. The third kappa shape index (κ3) is 4.98. The van der Waals surface area contributed by atoms with Gasteiger partial charge < -0.3 is 5.32 Å². The molecule has 0 heterocycles. The lowest BCUT2D eigenvalue weighted by Gasteiger charge is -2.10.